The molecule has 0 aliphatic heterocycles. The van der Waals surface area contributed by atoms with Crippen molar-refractivity contribution in [2.24, 2.45) is 11.0 Å². The third-order valence-corrected chi connectivity index (χ3v) is 3.91. The Morgan fingerprint density at radius 1 is 1.39 bits per heavy atom. The monoisotopic (exact) mass is 318 g/mol. The second-order valence-electron chi connectivity index (χ2n) is 5.53. The van der Waals surface area contributed by atoms with E-state index in [1.54, 1.807) is 13.1 Å². The van der Waals surface area contributed by atoms with E-state index in [0.29, 0.717) is 11.6 Å². The van der Waals surface area contributed by atoms with Gasteiger partial charge in [-0.3, -0.25) is 4.79 Å². The van der Waals surface area contributed by atoms with Crippen LogP contribution in [-0.2, 0) is 0 Å². The van der Waals surface area contributed by atoms with Crippen LogP contribution in [0.25, 0.3) is 5.82 Å². The lowest BCUT2D eigenvalue weighted by atomic mass is 9.90. The molecule has 0 saturated heterocycles. The molecular formula is C13H18N8O2. The molecule has 0 spiro atoms. The first-order valence-electron chi connectivity index (χ1n) is 7.51. The number of nitrogens with one attached hydrogen (secondary N) is 1. The summed E-state index contributed by atoms with van der Waals surface area (Å²) in [6.45, 7) is 1.67. The van der Waals surface area contributed by atoms with Crippen molar-refractivity contribution in [2.75, 3.05) is 5.73 Å². The highest BCUT2D eigenvalue weighted by molar-refractivity contribution is 5.93. The topological polar surface area (TPSA) is 137 Å². The summed E-state index contributed by atoms with van der Waals surface area (Å²) in [5.41, 5.74) is 8.71. The molecule has 1 fully saturated rings. The zero-order valence-corrected chi connectivity index (χ0v) is 12.8. The normalized spacial score (nSPS) is 16.0. The van der Waals surface area contributed by atoms with Crippen molar-refractivity contribution in [3.8, 4) is 5.82 Å². The predicted molar refractivity (Wildman–Crippen MR) is 80.9 cm³/mol. The van der Waals surface area contributed by atoms with Crippen molar-refractivity contribution in [1.82, 2.24) is 30.7 Å². The summed E-state index contributed by atoms with van der Waals surface area (Å²) >= 11 is 0. The van der Waals surface area contributed by atoms with E-state index < -0.39 is 5.91 Å². The molecule has 23 heavy (non-hydrogen) atoms. The maximum atomic E-state index is 12.1. The third kappa shape index (κ3) is 3.20. The first kappa shape index (κ1) is 15.1. The number of nitrogen functional groups attached to an aromatic ring is 1. The van der Waals surface area contributed by atoms with Gasteiger partial charge >= 0.3 is 0 Å². The van der Waals surface area contributed by atoms with Crippen molar-refractivity contribution < 1.29 is 9.42 Å². The predicted octanol–water partition coefficient (Wildman–Crippen LogP) is 0.837. The maximum Gasteiger partial charge on any atom is 0.293 e. The molecule has 2 aromatic rings. The summed E-state index contributed by atoms with van der Waals surface area (Å²) in [5.74, 6) is 0.262. The molecule has 3 rings (SSSR count). The van der Waals surface area contributed by atoms with Gasteiger partial charge in [0.1, 0.15) is 0 Å². The Bertz CT molecular complexity index is 713. The number of carbonyl (C=O) groups excluding carboxylic acids is 1. The Morgan fingerprint density at radius 3 is 2.87 bits per heavy atom. The first-order chi connectivity index (χ1) is 11.2. The van der Waals surface area contributed by atoms with Gasteiger partial charge < -0.3 is 5.73 Å². The minimum atomic E-state index is -0.434. The summed E-state index contributed by atoms with van der Waals surface area (Å²) in [4.78, 5) is 12.1. The molecular weight excluding hydrogens is 300 g/mol. The number of anilines is 1. The molecule has 10 heteroatoms. The van der Waals surface area contributed by atoms with Crippen LogP contribution in [0.5, 0.6) is 0 Å². The highest BCUT2D eigenvalue weighted by Crippen LogP contribution is 2.21. The minimum Gasteiger partial charge on any atom is -0.378 e. The van der Waals surface area contributed by atoms with Gasteiger partial charge in [0.05, 0.1) is 5.69 Å². The van der Waals surface area contributed by atoms with Crippen LogP contribution in [0.4, 0.5) is 5.82 Å². The number of rotatable bonds is 4. The van der Waals surface area contributed by atoms with Gasteiger partial charge in [0.25, 0.3) is 5.91 Å². The number of hydrazone groups is 1. The standard InChI is InChI=1S/C13H18N8O2/c1-8-10(16-20-21(8)12-11(14)18-23-19-12)13(22)17-15-7-9-5-3-2-4-6-9/h7,9H,2-6H2,1H3,(H2,14,18)(H,17,22)/b15-7+. The van der Waals surface area contributed by atoms with Crippen molar-refractivity contribution in [3.05, 3.63) is 11.4 Å². The van der Waals surface area contributed by atoms with Crippen LogP contribution >= 0.6 is 0 Å². The molecule has 0 aromatic carbocycles. The number of nitrogens with zero attached hydrogens (tertiary/aromatic N) is 6. The zero-order chi connectivity index (χ0) is 16.2. The number of amides is 1. The Labute approximate surface area is 132 Å². The van der Waals surface area contributed by atoms with E-state index in [4.69, 9.17) is 5.73 Å². The lowest BCUT2D eigenvalue weighted by Crippen LogP contribution is -2.20. The molecule has 1 aliphatic carbocycles. The molecule has 0 unspecified atom stereocenters. The largest absolute Gasteiger partial charge is 0.378 e. The second kappa shape index (κ2) is 6.55. The smallest absolute Gasteiger partial charge is 0.293 e. The quantitative estimate of drug-likeness (QED) is 0.629. The molecule has 1 saturated carbocycles. The van der Waals surface area contributed by atoms with Gasteiger partial charge in [0.15, 0.2) is 5.69 Å². The van der Waals surface area contributed by atoms with Gasteiger partial charge in [0, 0.05) is 6.21 Å². The Kier molecular flexibility index (Phi) is 4.31. The molecule has 3 N–H and O–H groups in total. The van der Waals surface area contributed by atoms with Crippen LogP contribution in [0.2, 0.25) is 0 Å². The van der Waals surface area contributed by atoms with E-state index in [-0.39, 0.29) is 17.3 Å². The molecule has 1 amide bonds. The van der Waals surface area contributed by atoms with Crippen LogP contribution < -0.4 is 11.2 Å². The van der Waals surface area contributed by atoms with Gasteiger partial charge in [-0.1, -0.05) is 24.5 Å². The molecule has 2 aromatic heterocycles. The van der Waals surface area contributed by atoms with Crippen molar-refractivity contribution >= 4 is 17.9 Å². The summed E-state index contributed by atoms with van der Waals surface area (Å²) < 4.78 is 5.82. The summed E-state index contributed by atoms with van der Waals surface area (Å²) in [6.07, 6.45) is 7.74. The average Bonchev–Trinajstić information content (AvgIpc) is 3.14. The highest BCUT2D eigenvalue weighted by atomic mass is 16.6. The van der Waals surface area contributed by atoms with Gasteiger partial charge in [-0.15, -0.1) is 5.10 Å². The lowest BCUT2D eigenvalue weighted by molar-refractivity contribution is 0.0949. The first-order valence-corrected chi connectivity index (χ1v) is 7.51. The maximum absolute atomic E-state index is 12.1. The van der Waals surface area contributed by atoms with E-state index in [2.05, 4.69) is 35.8 Å². The summed E-state index contributed by atoms with van der Waals surface area (Å²) in [7, 11) is 0. The Hall–Kier alpha value is -2.78. The average molecular weight is 318 g/mol. The Balaban J connectivity index is 1.67. The second-order valence-corrected chi connectivity index (χ2v) is 5.53. The fourth-order valence-corrected chi connectivity index (χ4v) is 2.62. The number of nitrogens with two attached hydrogens (primary N) is 1. The van der Waals surface area contributed by atoms with Crippen LogP contribution in [0, 0.1) is 12.8 Å². The van der Waals surface area contributed by atoms with Crippen LogP contribution in [0.3, 0.4) is 0 Å². The van der Waals surface area contributed by atoms with Crippen LogP contribution in [-0.4, -0.2) is 37.4 Å². The molecule has 0 bridgehead atoms. The molecule has 1 aliphatic rings. The minimum absolute atomic E-state index is 0.0697. The van der Waals surface area contributed by atoms with Crippen molar-refractivity contribution in [1.29, 1.82) is 0 Å². The lowest BCUT2D eigenvalue weighted by Gasteiger charge is -2.16. The SMILES string of the molecule is Cc1c(C(=O)N/N=C/C2CCCCC2)nnn1-c1nonc1N. The van der Waals surface area contributed by atoms with Gasteiger partial charge in [-0.05, 0) is 36.0 Å². The van der Waals surface area contributed by atoms with Crippen LogP contribution in [0.1, 0.15) is 48.3 Å². The van der Waals surface area contributed by atoms with Crippen LogP contribution in [0.15, 0.2) is 9.73 Å². The molecule has 0 atom stereocenters. The van der Waals surface area contributed by atoms with E-state index >= 15 is 0 Å². The molecule has 10 nitrogen and oxygen atoms in total. The molecule has 0 radical (unpaired) electrons. The van der Waals surface area contributed by atoms with E-state index in [1.807, 2.05) is 0 Å². The number of hydrogen-bond acceptors (Lipinski definition) is 8. The van der Waals surface area contributed by atoms with E-state index in [1.165, 1.54) is 23.9 Å². The van der Waals surface area contributed by atoms with Crippen molar-refractivity contribution in [3.63, 3.8) is 0 Å². The zero-order valence-electron chi connectivity index (χ0n) is 12.8. The van der Waals surface area contributed by atoms with Gasteiger partial charge in [-0.25, -0.2) is 10.1 Å². The molecule has 122 valence electrons. The summed E-state index contributed by atoms with van der Waals surface area (Å²) in [5, 5.41) is 18.8. The third-order valence-electron chi connectivity index (χ3n) is 3.91. The van der Waals surface area contributed by atoms with E-state index in [0.717, 1.165) is 12.8 Å². The number of aromatic nitrogens is 5. The van der Waals surface area contributed by atoms with E-state index in [9.17, 15) is 4.79 Å². The number of carbonyl (C=O) groups is 1. The highest BCUT2D eigenvalue weighted by Gasteiger charge is 2.20. The number of hydrogen-bond donors (Lipinski definition) is 2. The van der Waals surface area contributed by atoms with Gasteiger partial charge in [0.2, 0.25) is 11.6 Å². The fourth-order valence-electron chi connectivity index (χ4n) is 2.62. The fraction of sp³-hybridized carbons (Fsp3) is 0.538. The Morgan fingerprint density at radius 2 is 2.17 bits per heavy atom. The summed E-state index contributed by atoms with van der Waals surface area (Å²) in [6, 6.07) is 0. The molecule has 2 heterocycles. The van der Waals surface area contributed by atoms with Crippen molar-refractivity contribution in [2.45, 2.75) is 39.0 Å². The van der Waals surface area contributed by atoms with Gasteiger partial charge in [-0.2, -0.15) is 9.78 Å².